The predicted octanol–water partition coefficient (Wildman–Crippen LogP) is 2.83. The molecule has 1 aromatic carbocycles. The van der Waals surface area contributed by atoms with Crippen LogP contribution in [-0.2, 0) is 9.84 Å². The largest absolute Gasteiger partial charge is 0.383 e. The maximum absolute atomic E-state index is 11.7. The Balaban J connectivity index is 2.82. The third kappa shape index (κ3) is 4.92. The molecule has 4 nitrogen and oxygen atoms in total. The number of nitrogens with zero attached hydrogens (tertiary/aromatic N) is 1. The van der Waals surface area contributed by atoms with E-state index >= 15 is 0 Å². The van der Waals surface area contributed by atoms with E-state index < -0.39 is 9.84 Å². The number of para-hydroxylation sites is 1. The lowest BCUT2D eigenvalue weighted by molar-refractivity contribution is 0.363. The van der Waals surface area contributed by atoms with Gasteiger partial charge in [0.05, 0.1) is 16.7 Å². The van der Waals surface area contributed by atoms with Crippen LogP contribution in [0.5, 0.6) is 0 Å². The van der Waals surface area contributed by atoms with Crippen molar-refractivity contribution < 1.29 is 8.42 Å². The molecule has 0 bridgehead atoms. The van der Waals surface area contributed by atoms with Crippen LogP contribution < -0.4 is 5.32 Å². The van der Waals surface area contributed by atoms with Crippen LogP contribution in [0.4, 0.5) is 5.69 Å². The Morgan fingerprint density at radius 3 is 2.53 bits per heavy atom. The molecule has 0 aliphatic rings. The molecule has 0 fully saturated rings. The Morgan fingerprint density at radius 1 is 1.32 bits per heavy atom. The second-order valence-electron chi connectivity index (χ2n) is 5.44. The van der Waals surface area contributed by atoms with Crippen LogP contribution in [0.1, 0.15) is 26.7 Å². The zero-order valence-corrected chi connectivity index (χ0v) is 12.4. The molecule has 0 radical (unpaired) electrons. The summed E-state index contributed by atoms with van der Waals surface area (Å²) in [4.78, 5) is 0.311. The minimum absolute atomic E-state index is 0.0552. The second-order valence-corrected chi connectivity index (χ2v) is 7.43. The molecule has 0 heterocycles. The van der Waals surface area contributed by atoms with Crippen molar-refractivity contribution >= 4 is 15.5 Å². The Kier molecular flexibility index (Phi) is 4.96. The molecule has 0 aliphatic heterocycles. The van der Waals surface area contributed by atoms with E-state index in [1.165, 1.54) is 6.26 Å². The maximum atomic E-state index is 11.7. The fourth-order valence-electron chi connectivity index (χ4n) is 1.75. The van der Waals surface area contributed by atoms with E-state index in [0.29, 0.717) is 23.5 Å². The molecule has 0 aliphatic carbocycles. The van der Waals surface area contributed by atoms with Gasteiger partial charge in [-0.25, -0.2) is 8.42 Å². The van der Waals surface area contributed by atoms with E-state index in [1.54, 1.807) is 24.3 Å². The van der Waals surface area contributed by atoms with Gasteiger partial charge in [0, 0.05) is 19.2 Å². The zero-order chi connectivity index (χ0) is 14.5. The van der Waals surface area contributed by atoms with Crippen LogP contribution >= 0.6 is 0 Å². The lowest BCUT2D eigenvalue weighted by Crippen LogP contribution is -2.23. The molecule has 1 N–H and O–H groups in total. The van der Waals surface area contributed by atoms with Gasteiger partial charge in [0.15, 0.2) is 9.84 Å². The lowest BCUT2D eigenvalue weighted by Gasteiger charge is -2.25. The van der Waals surface area contributed by atoms with Crippen LogP contribution in [0, 0.1) is 16.7 Å². The number of hydrogen-bond acceptors (Lipinski definition) is 4. The van der Waals surface area contributed by atoms with Gasteiger partial charge in [0.25, 0.3) is 0 Å². The van der Waals surface area contributed by atoms with Crippen LogP contribution in [0.2, 0.25) is 0 Å². The normalized spacial score (nSPS) is 11.9. The van der Waals surface area contributed by atoms with Crippen molar-refractivity contribution in [1.29, 1.82) is 5.26 Å². The fraction of sp³-hybridized carbons (Fsp3) is 0.500. The average Bonchev–Trinajstić information content (AvgIpc) is 2.33. The average molecular weight is 280 g/mol. The number of rotatable bonds is 6. The van der Waals surface area contributed by atoms with Gasteiger partial charge in [-0.05, 0) is 24.0 Å². The highest BCUT2D eigenvalue weighted by Gasteiger charge is 2.19. The van der Waals surface area contributed by atoms with Gasteiger partial charge in [-0.15, -0.1) is 0 Å². The standard InChI is InChI=1S/C14H20N2O2S/c1-14(2,9-6-10-15)11-16-12-7-4-5-8-13(12)19(3,17)18/h4-5,7-8,16H,6,9,11H2,1-3H3. The highest BCUT2D eigenvalue weighted by molar-refractivity contribution is 7.90. The van der Waals surface area contributed by atoms with E-state index in [9.17, 15) is 8.42 Å². The van der Waals surface area contributed by atoms with Gasteiger partial charge >= 0.3 is 0 Å². The molecule has 0 saturated carbocycles. The third-order valence-corrected chi connectivity index (χ3v) is 4.11. The van der Waals surface area contributed by atoms with E-state index in [-0.39, 0.29) is 5.41 Å². The van der Waals surface area contributed by atoms with Crippen molar-refractivity contribution in [2.45, 2.75) is 31.6 Å². The van der Waals surface area contributed by atoms with Gasteiger partial charge < -0.3 is 5.32 Å². The van der Waals surface area contributed by atoms with Crippen molar-refractivity contribution in [2.75, 3.05) is 18.1 Å². The van der Waals surface area contributed by atoms with E-state index in [4.69, 9.17) is 5.26 Å². The first-order chi connectivity index (χ1) is 8.76. The number of benzene rings is 1. The molecule has 0 saturated heterocycles. The smallest absolute Gasteiger partial charge is 0.177 e. The highest BCUT2D eigenvalue weighted by Crippen LogP contribution is 2.25. The minimum atomic E-state index is -3.23. The molecule has 0 amide bonds. The molecule has 1 rings (SSSR count). The van der Waals surface area contributed by atoms with Crippen molar-refractivity contribution in [3.63, 3.8) is 0 Å². The zero-order valence-electron chi connectivity index (χ0n) is 11.6. The summed E-state index contributed by atoms with van der Waals surface area (Å²) in [6.45, 7) is 4.74. The number of nitrogens with one attached hydrogen (secondary N) is 1. The predicted molar refractivity (Wildman–Crippen MR) is 76.7 cm³/mol. The summed E-state index contributed by atoms with van der Waals surface area (Å²) in [7, 11) is -3.23. The van der Waals surface area contributed by atoms with Gasteiger partial charge in [-0.2, -0.15) is 5.26 Å². The first-order valence-corrected chi connectivity index (χ1v) is 8.05. The Morgan fingerprint density at radius 2 is 1.95 bits per heavy atom. The summed E-state index contributed by atoms with van der Waals surface area (Å²) >= 11 is 0. The number of anilines is 1. The van der Waals surface area contributed by atoms with Gasteiger partial charge in [0.2, 0.25) is 0 Å². The first-order valence-electron chi connectivity index (χ1n) is 6.16. The van der Waals surface area contributed by atoms with E-state index in [1.807, 2.05) is 0 Å². The lowest BCUT2D eigenvalue weighted by atomic mass is 9.88. The molecule has 0 spiro atoms. The molecule has 0 unspecified atom stereocenters. The summed E-state index contributed by atoms with van der Waals surface area (Å²) in [5, 5.41) is 11.8. The number of sulfone groups is 1. The van der Waals surface area contributed by atoms with Crippen LogP contribution in [-0.4, -0.2) is 21.2 Å². The molecule has 1 aromatic rings. The van der Waals surface area contributed by atoms with Gasteiger partial charge in [-0.1, -0.05) is 26.0 Å². The summed E-state index contributed by atoms with van der Waals surface area (Å²) < 4.78 is 23.3. The summed E-state index contributed by atoms with van der Waals surface area (Å²) in [6, 6.07) is 9.01. The van der Waals surface area contributed by atoms with Crippen molar-refractivity contribution in [3.8, 4) is 6.07 Å². The topological polar surface area (TPSA) is 70.0 Å². The van der Waals surface area contributed by atoms with Crippen LogP contribution in [0.15, 0.2) is 29.2 Å². The molecule has 5 heteroatoms. The molecule has 0 atom stereocenters. The van der Waals surface area contributed by atoms with Crippen molar-refractivity contribution in [1.82, 2.24) is 0 Å². The van der Waals surface area contributed by atoms with Crippen LogP contribution in [0.3, 0.4) is 0 Å². The Labute approximate surface area is 115 Å². The number of hydrogen-bond donors (Lipinski definition) is 1. The van der Waals surface area contributed by atoms with Gasteiger partial charge in [-0.3, -0.25) is 0 Å². The summed E-state index contributed by atoms with van der Waals surface area (Å²) in [5.41, 5.74) is 0.565. The maximum Gasteiger partial charge on any atom is 0.177 e. The fourth-order valence-corrected chi connectivity index (χ4v) is 2.62. The third-order valence-electron chi connectivity index (χ3n) is 2.96. The Hall–Kier alpha value is -1.54. The van der Waals surface area contributed by atoms with Crippen LogP contribution in [0.25, 0.3) is 0 Å². The van der Waals surface area contributed by atoms with Crippen molar-refractivity contribution in [2.24, 2.45) is 5.41 Å². The van der Waals surface area contributed by atoms with E-state index in [2.05, 4.69) is 25.2 Å². The van der Waals surface area contributed by atoms with Gasteiger partial charge in [0.1, 0.15) is 0 Å². The van der Waals surface area contributed by atoms with Crippen molar-refractivity contribution in [3.05, 3.63) is 24.3 Å². The SMILES string of the molecule is CC(C)(CCC#N)CNc1ccccc1S(C)(=O)=O. The Bertz CT molecular complexity index is 571. The van der Waals surface area contributed by atoms with E-state index in [0.717, 1.165) is 6.42 Å². The summed E-state index contributed by atoms with van der Waals surface area (Å²) in [5.74, 6) is 0. The molecule has 104 valence electrons. The monoisotopic (exact) mass is 280 g/mol. The first kappa shape index (κ1) is 15.5. The minimum Gasteiger partial charge on any atom is -0.383 e. The quantitative estimate of drug-likeness (QED) is 0.870. The molecule has 0 aromatic heterocycles. The highest BCUT2D eigenvalue weighted by atomic mass is 32.2. The molecular weight excluding hydrogens is 260 g/mol. The second kappa shape index (κ2) is 6.07. The molecule has 19 heavy (non-hydrogen) atoms. The summed E-state index contributed by atoms with van der Waals surface area (Å²) in [6.07, 6.45) is 2.48. The number of nitriles is 1. The molecular formula is C14H20N2O2S.